The normalized spacial score (nSPS) is 11.2. The van der Waals surface area contributed by atoms with Gasteiger partial charge in [0.15, 0.2) is 11.6 Å². The number of aryl methyl sites for hydroxylation is 1. The number of benzene rings is 1. The number of sulfonamides is 1. The zero-order valence-electron chi connectivity index (χ0n) is 16.4. The maximum Gasteiger partial charge on any atom is 0.265 e. The average Bonchev–Trinajstić information content (AvgIpc) is 3.02. The maximum absolute atomic E-state index is 12.7. The molecular formula is C19H19ClN4O4S2. The Morgan fingerprint density at radius 3 is 2.47 bits per heavy atom. The van der Waals surface area contributed by atoms with Gasteiger partial charge >= 0.3 is 0 Å². The van der Waals surface area contributed by atoms with Gasteiger partial charge < -0.3 is 10.1 Å². The van der Waals surface area contributed by atoms with E-state index in [1.165, 1.54) is 29.5 Å². The topological polar surface area (TPSA) is 110 Å². The summed E-state index contributed by atoms with van der Waals surface area (Å²) in [7, 11) is -3.47. The largest absolute Gasteiger partial charge is 0.491 e. The first kappa shape index (κ1) is 22.0. The van der Waals surface area contributed by atoms with Crippen molar-refractivity contribution in [1.29, 1.82) is 0 Å². The molecule has 0 aliphatic rings. The number of rotatable bonds is 7. The van der Waals surface area contributed by atoms with Gasteiger partial charge in [-0.25, -0.2) is 18.4 Å². The Kier molecular flexibility index (Phi) is 6.59. The number of halogens is 1. The van der Waals surface area contributed by atoms with Crippen LogP contribution in [0, 0.1) is 6.92 Å². The molecule has 3 rings (SSSR count). The average molecular weight is 467 g/mol. The van der Waals surface area contributed by atoms with Crippen molar-refractivity contribution in [3.8, 4) is 17.1 Å². The van der Waals surface area contributed by atoms with Crippen LogP contribution >= 0.6 is 22.9 Å². The van der Waals surface area contributed by atoms with Crippen LogP contribution in [0.15, 0.2) is 36.7 Å². The van der Waals surface area contributed by atoms with E-state index in [9.17, 15) is 13.2 Å². The predicted octanol–water partition coefficient (Wildman–Crippen LogP) is 4.19. The standard InChI is InChI=1S/C19H19ClN4O4S2/c1-4-28-15-9-21-18(22-10-15)16-8-17(29-11(16)2)19(25)23-13-5-12(20)6-14(7-13)24-30(3,26)27/h5-10,24H,4H2,1-3H3,(H,23,25). The van der Waals surface area contributed by atoms with Crippen LogP contribution in [0.2, 0.25) is 5.02 Å². The number of ether oxygens (including phenoxy) is 1. The molecule has 0 saturated heterocycles. The maximum atomic E-state index is 12.7. The first-order chi connectivity index (χ1) is 14.1. The number of carbonyl (C=O) groups excluding carboxylic acids is 1. The van der Waals surface area contributed by atoms with Crippen molar-refractivity contribution in [3.63, 3.8) is 0 Å². The molecule has 0 bridgehead atoms. The lowest BCUT2D eigenvalue weighted by atomic mass is 10.2. The lowest BCUT2D eigenvalue weighted by molar-refractivity contribution is 0.103. The smallest absolute Gasteiger partial charge is 0.265 e. The molecule has 3 aromatic rings. The number of nitrogens with zero attached hydrogens (tertiary/aromatic N) is 2. The van der Waals surface area contributed by atoms with E-state index in [1.54, 1.807) is 18.5 Å². The minimum atomic E-state index is -3.47. The molecule has 8 nitrogen and oxygen atoms in total. The second-order valence-corrected chi connectivity index (χ2v) is 9.75. The summed E-state index contributed by atoms with van der Waals surface area (Å²) in [5.41, 5.74) is 1.37. The van der Waals surface area contributed by atoms with Gasteiger partial charge in [0.25, 0.3) is 5.91 Å². The molecule has 0 aliphatic heterocycles. The summed E-state index contributed by atoms with van der Waals surface area (Å²) >= 11 is 7.34. The molecule has 0 spiro atoms. The van der Waals surface area contributed by atoms with Crippen LogP contribution in [-0.4, -0.2) is 37.2 Å². The van der Waals surface area contributed by atoms with Gasteiger partial charge in [0, 0.05) is 21.2 Å². The Labute approximate surface area is 183 Å². The number of hydrogen-bond acceptors (Lipinski definition) is 7. The van der Waals surface area contributed by atoms with Gasteiger partial charge in [0.05, 0.1) is 35.8 Å². The number of amides is 1. The fourth-order valence-corrected chi connectivity index (χ4v) is 4.33. The van der Waals surface area contributed by atoms with E-state index < -0.39 is 10.0 Å². The van der Waals surface area contributed by atoms with Crippen molar-refractivity contribution in [2.45, 2.75) is 13.8 Å². The summed E-state index contributed by atoms with van der Waals surface area (Å²) in [6.07, 6.45) is 4.21. The number of aromatic nitrogens is 2. The fourth-order valence-electron chi connectivity index (χ4n) is 2.64. The van der Waals surface area contributed by atoms with Crippen LogP contribution in [0.1, 0.15) is 21.5 Å². The van der Waals surface area contributed by atoms with Crippen molar-refractivity contribution in [2.75, 3.05) is 22.9 Å². The summed E-state index contributed by atoms with van der Waals surface area (Å²) in [5.74, 6) is 0.716. The molecule has 1 aromatic carbocycles. The molecule has 2 aromatic heterocycles. The summed E-state index contributed by atoms with van der Waals surface area (Å²) in [5, 5.41) is 3.02. The quantitative estimate of drug-likeness (QED) is 0.540. The first-order valence-corrected chi connectivity index (χ1v) is 11.9. The molecule has 2 heterocycles. The second kappa shape index (κ2) is 8.99. The summed E-state index contributed by atoms with van der Waals surface area (Å²) < 4.78 is 30.6. The molecule has 0 aliphatic carbocycles. The van der Waals surface area contributed by atoms with Gasteiger partial charge in [-0.15, -0.1) is 11.3 Å². The summed E-state index contributed by atoms with van der Waals surface area (Å²) in [6.45, 7) is 4.28. The van der Waals surface area contributed by atoms with Crippen molar-refractivity contribution < 1.29 is 17.9 Å². The van der Waals surface area contributed by atoms with Crippen LogP contribution in [0.4, 0.5) is 11.4 Å². The molecule has 0 atom stereocenters. The molecule has 0 unspecified atom stereocenters. The van der Waals surface area contributed by atoms with E-state index in [-0.39, 0.29) is 16.6 Å². The van der Waals surface area contributed by atoms with Crippen LogP contribution in [0.5, 0.6) is 5.75 Å². The monoisotopic (exact) mass is 466 g/mol. The summed E-state index contributed by atoms with van der Waals surface area (Å²) in [4.78, 5) is 22.7. The Bertz CT molecular complexity index is 1180. The number of nitrogens with one attached hydrogen (secondary N) is 2. The first-order valence-electron chi connectivity index (χ1n) is 8.80. The Hall–Kier alpha value is -2.69. The third-order valence-corrected chi connectivity index (χ3v) is 5.65. The van der Waals surface area contributed by atoms with E-state index in [2.05, 4.69) is 20.0 Å². The highest BCUT2D eigenvalue weighted by Crippen LogP contribution is 2.30. The number of anilines is 2. The van der Waals surface area contributed by atoms with Crippen molar-refractivity contribution in [2.24, 2.45) is 0 Å². The van der Waals surface area contributed by atoms with Gasteiger partial charge in [-0.1, -0.05) is 11.6 Å². The van der Waals surface area contributed by atoms with Crippen LogP contribution in [-0.2, 0) is 10.0 Å². The van der Waals surface area contributed by atoms with Crippen LogP contribution in [0.3, 0.4) is 0 Å². The van der Waals surface area contributed by atoms with Crippen LogP contribution < -0.4 is 14.8 Å². The van der Waals surface area contributed by atoms with Crippen molar-refractivity contribution in [1.82, 2.24) is 9.97 Å². The SMILES string of the molecule is CCOc1cnc(-c2cc(C(=O)Nc3cc(Cl)cc(NS(C)(=O)=O)c3)sc2C)nc1. The highest BCUT2D eigenvalue weighted by molar-refractivity contribution is 7.92. The zero-order chi connectivity index (χ0) is 21.9. The van der Waals surface area contributed by atoms with E-state index in [4.69, 9.17) is 16.3 Å². The van der Waals surface area contributed by atoms with E-state index in [0.717, 1.165) is 16.7 Å². The predicted molar refractivity (Wildman–Crippen MR) is 119 cm³/mol. The zero-order valence-corrected chi connectivity index (χ0v) is 18.8. The van der Waals surface area contributed by atoms with Crippen molar-refractivity contribution in [3.05, 3.63) is 51.4 Å². The number of thiophene rings is 1. The number of hydrogen-bond donors (Lipinski definition) is 2. The molecule has 0 saturated carbocycles. The Morgan fingerprint density at radius 2 is 1.83 bits per heavy atom. The minimum absolute atomic E-state index is 0.256. The molecule has 0 fully saturated rings. The molecule has 0 radical (unpaired) electrons. The molecule has 2 N–H and O–H groups in total. The molecule has 158 valence electrons. The molecule has 1 amide bonds. The van der Waals surface area contributed by atoms with E-state index in [0.29, 0.717) is 28.7 Å². The molecule has 11 heteroatoms. The van der Waals surface area contributed by atoms with Gasteiger partial charge in [-0.05, 0) is 38.1 Å². The fraction of sp³-hybridized carbons (Fsp3) is 0.211. The third-order valence-electron chi connectivity index (χ3n) is 3.78. The minimum Gasteiger partial charge on any atom is -0.491 e. The Morgan fingerprint density at radius 1 is 1.17 bits per heavy atom. The van der Waals surface area contributed by atoms with Crippen LogP contribution in [0.25, 0.3) is 11.4 Å². The van der Waals surface area contributed by atoms with E-state index in [1.807, 2.05) is 13.8 Å². The molecular weight excluding hydrogens is 448 g/mol. The van der Waals surface area contributed by atoms with Gasteiger partial charge in [-0.2, -0.15) is 0 Å². The van der Waals surface area contributed by atoms with Gasteiger partial charge in [0.2, 0.25) is 10.0 Å². The lowest BCUT2D eigenvalue weighted by Crippen LogP contribution is -2.12. The molecule has 30 heavy (non-hydrogen) atoms. The van der Waals surface area contributed by atoms with Gasteiger partial charge in [0.1, 0.15) is 0 Å². The Balaban J connectivity index is 1.81. The highest BCUT2D eigenvalue weighted by Gasteiger charge is 2.16. The highest BCUT2D eigenvalue weighted by atomic mass is 35.5. The summed E-state index contributed by atoms with van der Waals surface area (Å²) in [6, 6.07) is 6.19. The van der Waals surface area contributed by atoms with E-state index >= 15 is 0 Å². The second-order valence-electron chi connectivity index (χ2n) is 6.31. The van der Waals surface area contributed by atoms with Gasteiger partial charge in [-0.3, -0.25) is 9.52 Å². The lowest BCUT2D eigenvalue weighted by Gasteiger charge is -2.09. The third kappa shape index (κ3) is 5.68. The number of carbonyl (C=O) groups is 1. The van der Waals surface area contributed by atoms with Crippen molar-refractivity contribution >= 4 is 50.2 Å².